The minimum atomic E-state index is -3.15. The molecule has 1 saturated heterocycles. The Labute approximate surface area is 226 Å². The van der Waals surface area contributed by atoms with Gasteiger partial charge in [0.1, 0.15) is 5.82 Å². The highest BCUT2D eigenvalue weighted by Gasteiger charge is 2.27. The highest BCUT2D eigenvalue weighted by molar-refractivity contribution is 7.91. The van der Waals surface area contributed by atoms with Crippen LogP contribution in [0.5, 0.6) is 11.5 Å². The second kappa shape index (κ2) is 11.0. The van der Waals surface area contributed by atoms with Crippen molar-refractivity contribution >= 4 is 26.8 Å². The number of ether oxygens (including phenoxy) is 2. The van der Waals surface area contributed by atoms with E-state index >= 15 is 4.39 Å². The molecular weight excluding hydrogens is 521 g/mol. The zero-order valence-corrected chi connectivity index (χ0v) is 22.5. The first-order valence-electron chi connectivity index (χ1n) is 12.7. The first-order valence-corrected chi connectivity index (χ1v) is 14.6. The van der Waals surface area contributed by atoms with Crippen LogP contribution in [0.2, 0.25) is 0 Å². The molecule has 0 spiro atoms. The molecule has 5 rings (SSSR count). The number of carbonyl (C=O) groups is 1. The number of hydrogen-bond acceptors (Lipinski definition) is 7. The van der Waals surface area contributed by atoms with Crippen LogP contribution in [0.1, 0.15) is 24.2 Å². The van der Waals surface area contributed by atoms with Crippen molar-refractivity contribution in [2.24, 2.45) is 0 Å². The van der Waals surface area contributed by atoms with Crippen LogP contribution in [-0.2, 0) is 9.84 Å². The maximum atomic E-state index is 15.2. The van der Waals surface area contributed by atoms with Crippen molar-refractivity contribution in [1.82, 2.24) is 14.9 Å². The van der Waals surface area contributed by atoms with Crippen LogP contribution < -0.4 is 9.47 Å². The Morgan fingerprint density at radius 3 is 2.38 bits per heavy atom. The van der Waals surface area contributed by atoms with E-state index in [1.807, 2.05) is 50.2 Å². The lowest BCUT2D eigenvalue weighted by molar-refractivity contribution is 0.0765. The van der Waals surface area contributed by atoms with Crippen molar-refractivity contribution in [2.75, 3.05) is 37.8 Å². The van der Waals surface area contributed by atoms with Gasteiger partial charge in [-0.25, -0.2) is 17.8 Å². The lowest BCUT2D eigenvalue weighted by Gasteiger charge is -2.27. The van der Waals surface area contributed by atoms with E-state index in [1.165, 1.54) is 17.0 Å². The van der Waals surface area contributed by atoms with E-state index in [1.54, 1.807) is 12.3 Å². The van der Waals surface area contributed by atoms with Crippen LogP contribution in [0.4, 0.5) is 4.39 Å². The number of para-hydroxylation sites is 1. The lowest BCUT2D eigenvalue weighted by atomic mass is 10.0. The Bertz CT molecular complexity index is 1640. The SMILES string of the molecule is CCOc1ccc(-c2cnc3cccc(-c4ccc(C(=O)N5CCS(=O)(=O)CC5)c(F)c4)c3n2)cc1OCC. The van der Waals surface area contributed by atoms with Crippen LogP contribution in [0.3, 0.4) is 0 Å². The van der Waals surface area contributed by atoms with E-state index in [9.17, 15) is 13.2 Å². The first-order chi connectivity index (χ1) is 18.8. The molecule has 2 heterocycles. The Balaban J connectivity index is 1.49. The van der Waals surface area contributed by atoms with Crippen LogP contribution >= 0.6 is 0 Å². The summed E-state index contributed by atoms with van der Waals surface area (Å²) in [6.07, 6.45) is 1.68. The molecule has 0 unspecified atom stereocenters. The largest absolute Gasteiger partial charge is 0.490 e. The number of halogens is 1. The predicted octanol–water partition coefficient (Wildman–Crippen LogP) is 4.77. The maximum absolute atomic E-state index is 15.2. The quantitative estimate of drug-likeness (QED) is 0.327. The van der Waals surface area contributed by atoms with Crippen molar-refractivity contribution < 1.29 is 27.1 Å². The Hall–Kier alpha value is -4.05. The smallest absolute Gasteiger partial charge is 0.256 e. The number of rotatable bonds is 7. The molecule has 1 fully saturated rings. The Kier molecular flexibility index (Phi) is 7.47. The van der Waals surface area contributed by atoms with Gasteiger partial charge >= 0.3 is 0 Å². The zero-order chi connectivity index (χ0) is 27.6. The number of nitrogens with zero attached hydrogens (tertiary/aromatic N) is 3. The Morgan fingerprint density at radius 2 is 1.67 bits per heavy atom. The standard InChI is InChI=1S/C29H28FN3O5S/c1-3-37-26-11-9-20(17-27(26)38-4-2)25-18-31-24-7-5-6-21(28(24)32-25)19-8-10-22(23(30)16-19)29(34)33-12-14-39(35,36)15-13-33/h5-11,16-18H,3-4,12-15H2,1-2H3. The van der Waals surface area contributed by atoms with E-state index in [0.717, 1.165) is 5.56 Å². The first kappa shape index (κ1) is 26.6. The van der Waals surface area contributed by atoms with Crippen molar-refractivity contribution in [3.8, 4) is 33.9 Å². The second-order valence-corrected chi connectivity index (χ2v) is 11.4. The molecule has 39 heavy (non-hydrogen) atoms. The van der Waals surface area contributed by atoms with Crippen molar-refractivity contribution in [3.05, 3.63) is 72.2 Å². The number of sulfone groups is 1. The summed E-state index contributed by atoms with van der Waals surface area (Å²) in [4.78, 5) is 23.7. The molecule has 1 aromatic heterocycles. The van der Waals surface area contributed by atoms with E-state index in [0.29, 0.717) is 52.6 Å². The molecule has 10 heteroatoms. The summed E-state index contributed by atoms with van der Waals surface area (Å²) in [5.41, 5.74) is 3.75. The minimum absolute atomic E-state index is 0.0562. The molecule has 0 N–H and O–H groups in total. The molecule has 0 radical (unpaired) electrons. The van der Waals surface area contributed by atoms with Gasteiger partial charge in [0.15, 0.2) is 21.3 Å². The molecule has 202 valence electrons. The van der Waals surface area contributed by atoms with Gasteiger partial charge in [-0.3, -0.25) is 9.78 Å². The van der Waals surface area contributed by atoms with Gasteiger partial charge in [0.25, 0.3) is 5.91 Å². The minimum Gasteiger partial charge on any atom is -0.490 e. The van der Waals surface area contributed by atoms with E-state index in [4.69, 9.17) is 14.5 Å². The summed E-state index contributed by atoms with van der Waals surface area (Å²) in [6, 6.07) is 15.5. The molecule has 1 aliphatic rings. The number of amides is 1. The molecule has 4 aromatic rings. The molecule has 0 saturated carbocycles. The highest BCUT2D eigenvalue weighted by Crippen LogP contribution is 2.34. The predicted molar refractivity (Wildman–Crippen MR) is 147 cm³/mol. The summed E-state index contributed by atoms with van der Waals surface area (Å²) in [6.45, 7) is 4.92. The van der Waals surface area contributed by atoms with Gasteiger partial charge < -0.3 is 14.4 Å². The number of benzene rings is 3. The fourth-order valence-electron chi connectivity index (χ4n) is 4.56. The molecule has 1 amide bonds. The molecule has 0 atom stereocenters. The van der Waals surface area contributed by atoms with Gasteiger partial charge in [-0.1, -0.05) is 18.2 Å². The van der Waals surface area contributed by atoms with E-state index in [2.05, 4.69) is 4.98 Å². The van der Waals surface area contributed by atoms with Crippen LogP contribution in [0.25, 0.3) is 33.4 Å². The van der Waals surface area contributed by atoms with Crippen molar-refractivity contribution in [1.29, 1.82) is 0 Å². The fourth-order valence-corrected chi connectivity index (χ4v) is 5.76. The van der Waals surface area contributed by atoms with Crippen molar-refractivity contribution in [3.63, 3.8) is 0 Å². The van der Waals surface area contributed by atoms with Gasteiger partial charge in [-0.15, -0.1) is 0 Å². The summed E-state index contributed by atoms with van der Waals surface area (Å²) < 4.78 is 50.0. The third-order valence-electron chi connectivity index (χ3n) is 6.55. The van der Waals surface area contributed by atoms with E-state index in [-0.39, 0.29) is 30.2 Å². The molecule has 1 aliphatic heterocycles. The average Bonchev–Trinajstić information content (AvgIpc) is 2.93. The number of hydrogen-bond donors (Lipinski definition) is 0. The summed E-state index contributed by atoms with van der Waals surface area (Å²) in [7, 11) is -3.15. The van der Waals surface area contributed by atoms with Crippen LogP contribution in [0.15, 0.2) is 60.8 Å². The van der Waals surface area contributed by atoms with Crippen LogP contribution in [-0.4, -0.2) is 67.0 Å². The lowest BCUT2D eigenvalue weighted by Crippen LogP contribution is -2.44. The normalized spacial score (nSPS) is 14.8. The molecule has 8 nitrogen and oxygen atoms in total. The maximum Gasteiger partial charge on any atom is 0.256 e. The van der Waals surface area contributed by atoms with E-state index < -0.39 is 21.6 Å². The van der Waals surface area contributed by atoms with Gasteiger partial charge in [0.05, 0.1) is 53.2 Å². The third kappa shape index (κ3) is 5.56. The van der Waals surface area contributed by atoms with Gasteiger partial charge in [0, 0.05) is 24.2 Å². The zero-order valence-electron chi connectivity index (χ0n) is 21.7. The molecule has 0 bridgehead atoms. The topological polar surface area (TPSA) is 98.7 Å². The highest BCUT2D eigenvalue weighted by atomic mass is 32.2. The summed E-state index contributed by atoms with van der Waals surface area (Å²) in [5.74, 6) is -0.171. The monoisotopic (exact) mass is 549 g/mol. The number of carbonyl (C=O) groups excluding carboxylic acids is 1. The average molecular weight is 550 g/mol. The van der Waals surface area contributed by atoms with Gasteiger partial charge in [0.2, 0.25) is 0 Å². The Morgan fingerprint density at radius 1 is 0.949 bits per heavy atom. The summed E-state index contributed by atoms with van der Waals surface area (Å²) >= 11 is 0. The summed E-state index contributed by atoms with van der Waals surface area (Å²) in [5, 5.41) is 0. The third-order valence-corrected chi connectivity index (χ3v) is 8.16. The molecule has 3 aromatic carbocycles. The molecular formula is C29H28FN3O5S. The molecule has 0 aliphatic carbocycles. The van der Waals surface area contributed by atoms with Gasteiger partial charge in [-0.05, 0) is 55.8 Å². The fraction of sp³-hybridized carbons (Fsp3) is 0.276. The van der Waals surface area contributed by atoms with Crippen LogP contribution in [0, 0.1) is 5.82 Å². The number of fused-ring (bicyclic) bond motifs is 1. The number of aromatic nitrogens is 2. The second-order valence-electron chi connectivity index (χ2n) is 9.09. The van der Waals surface area contributed by atoms with Crippen molar-refractivity contribution in [2.45, 2.75) is 13.8 Å². The van der Waals surface area contributed by atoms with Gasteiger partial charge in [-0.2, -0.15) is 0 Å².